The minimum atomic E-state index is -4.21. The standard InChI is InChI=1S/C10H17F3N2O/c1-8(2)15-9(3,6-14)7-16-5-4-10(11,12)13/h8,15H,4-5,7H2,1-3H3. The van der Waals surface area contributed by atoms with Crippen LogP contribution in [0.5, 0.6) is 0 Å². The van der Waals surface area contributed by atoms with Gasteiger partial charge in [0.2, 0.25) is 0 Å². The van der Waals surface area contributed by atoms with Gasteiger partial charge < -0.3 is 4.74 Å². The van der Waals surface area contributed by atoms with Gasteiger partial charge in [0.05, 0.1) is 25.7 Å². The Balaban J connectivity index is 3.93. The van der Waals surface area contributed by atoms with Crippen LogP contribution in [0.15, 0.2) is 0 Å². The zero-order valence-electron chi connectivity index (χ0n) is 9.69. The number of nitriles is 1. The molecule has 16 heavy (non-hydrogen) atoms. The second-order valence-electron chi connectivity index (χ2n) is 4.16. The summed E-state index contributed by atoms with van der Waals surface area (Å²) in [6.45, 7) is 4.83. The van der Waals surface area contributed by atoms with Gasteiger partial charge in [-0.3, -0.25) is 5.32 Å². The predicted molar refractivity (Wildman–Crippen MR) is 53.8 cm³/mol. The van der Waals surface area contributed by atoms with Gasteiger partial charge in [-0.05, 0) is 20.8 Å². The van der Waals surface area contributed by atoms with Crippen LogP contribution in [-0.2, 0) is 4.74 Å². The van der Waals surface area contributed by atoms with E-state index < -0.39 is 24.7 Å². The summed E-state index contributed by atoms with van der Waals surface area (Å²) in [5, 5.41) is 11.8. The SMILES string of the molecule is CC(C)NC(C)(C#N)COCCC(F)(F)F. The number of rotatable bonds is 6. The number of ether oxygens (including phenoxy) is 1. The van der Waals surface area contributed by atoms with Gasteiger partial charge in [-0.1, -0.05) is 0 Å². The normalized spacial score (nSPS) is 15.9. The summed E-state index contributed by atoms with van der Waals surface area (Å²) >= 11 is 0. The summed E-state index contributed by atoms with van der Waals surface area (Å²) < 4.78 is 40.3. The maximum atomic E-state index is 11.8. The molecule has 0 rings (SSSR count). The molecule has 0 bridgehead atoms. The van der Waals surface area contributed by atoms with E-state index >= 15 is 0 Å². The van der Waals surface area contributed by atoms with Crippen molar-refractivity contribution in [1.29, 1.82) is 5.26 Å². The molecule has 1 unspecified atom stereocenters. The van der Waals surface area contributed by atoms with Gasteiger partial charge in [0.15, 0.2) is 0 Å². The van der Waals surface area contributed by atoms with Crippen LogP contribution in [-0.4, -0.2) is 31.0 Å². The number of hydrogen-bond donors (Lipinski definition) is 1. The fourth-order valence-electron chi connectivity index (χ4n) is 1.21. The maximum absolute atomic E-state index is 11.8. The number of halogens is 3. The van der Waals surface area contributed by atoms with Crippen LogP contribution in [0.3, 0.4) is 0 Å². The molecule has 0 saturated heterocycles. The molecule has 0 aliphatic heterocycles. The summed E-state index contributed by atoms with van der Waals surface area (Å²) in [5.41, 5.74) is -0.945. The van der Waals surface area contributed by atoms with E-state index in [1.165, 1.54) is 0 Å². The number of nitrogens with one attached hydrogen (secondary N) is 1. The molecule has 0 aromatic heterocycles. The summed E-state index contributed by atoms with van der Waals surface area (Å²) in [6.07, 6.45) is -5.20. The van der Waals surface area contributed by atoms with Crippen molar-refractivity contribution in [2.75, 3.05) is 13.2 Å². The summed E-state index contributed by atoms with van der Waals surface area (Å²) in [7, 11) is 0. The van der Waals surface area contributed by atoms with E-state index in [-0.39, 0.29) is 12.6 Å². The van der Waals surface area contributed by atoms with Crippen molar-refractivity contribution in [1.82, 2.24) is 5.32 Å². The second-order valence-corrected chi connectivity index (χ2v) is 4.16. The Morgan fingerprint density at radius 2 is 1.94 bits per heavy atom. The highest BCUT2D eigenvalue weighted by atomic mass is 19.4. The Bertz CT molecular complexity index is 247. The Kier molecular flexibility index (Phi) is 5.76. The molecule has 0 radical (unpaired) electrons. The van der Waals surface area contributed by atoms with E-state index in [9.17, 15) is 13.2 Å². The molecule has 0 aliphatic carbocycles. The Labute approximate surface area is 93.6 Å². The fraction of sp³-hybridized carbons (Fsp3) is 0.900. The lowest BCUT2D eigenvalue weighted by Crippen LogP contribution is -2.48. The van der Waals surface area contributed by atoms with Crippen LogP contribution >= 0.6 is 0 Å². The minimum Gasteiger partial charge on any atom is -0.378 e. The fourth-order valence-corrected chi connectivity index (χ4v) is 1.21. The zero-order chi connectivity index (χ0) is 12.8. The summed E-state index contributed by atoms with van der Waals surface area (Å²) in [5.74, 6) is 0. The molecule has 94 valence electrons. The monoisotopic (exact) mass is 238 g/mol. The van der Waals surface area contributed by atoms with Gasteiger partial charge in [-0.25, -0.2) is 0 Å². The van der Waals surface area contributed by atoms with E-state index in [4.69, 9.17) is 10.00 Å². The lowest BCUT2D eigenvalue weighted by atomic mass is 10.1. The topological polar surface area (TPSA) is 45.0 Å². The largest absolute Gasteiger partial charge is 0.391 e. The molecule has 0 aromatic carbocycles. The molecule has 1 N–H and O–H groups in total. The van der Waals surface area contributed by atoms with Crippen molar-refractivity contribution in [2.24, 2.45) is 0 Å². The maximum Gasteiger partial charge on any atom is 0.391 e. The average molecular weight is 238 g/mol. The molecule has 0 saturated carbocycles. The zero-order valence-corrected chi connectivity index (χ0v) is 9.69. The Morgan fingerprint density at radius 3 is 2.31 bits per heavy atom. The quantitative estimate of drug-likeness (QED) is 0.722. The van der Waals surface area contributed by atoms with Crippen molar-refractivity contribution in [3.05, 3.63) is 0 Å². The second kappa shape index (κ2) is 6.06. The molecule has 0 spiro atoms. The van der Waals surface area contributed by atoms with Crippen LogP contribution in [0.25, 0.3) is 0 Å². The van der Waals surface area contributed by atoms with E-state index in [1.54, 1.807) is 6.92 Å². The lowest BCUT2D eigenvalue weighted by molar-refractivity contribution is -0.146. The van der Waals surface area contributed by atoms with Gasteiger partial charge in [0.25, 0.3) is 0 Å². The van der Waals surface area contributed by atoms with Crippen molar-refractivity contribution < 1.29 is 17.9 Å². The van der Waals surface area contributed by atoms with Gasteiger partial charge in [0.1, 0.15) is 5.54 Å². The molecular formula is C10H17F3N2O. The highest BCUT2D eigenvalue weighted by molar-refractivity contribution is 5.04. The van der Waals surface area contributed by atoms with Crippen LogP contribution in [0.4, 0.5) is 13.2 Å². The average Bonchev–Trinajstić information content (AvgIpc) is 2.10. The number of alkyl halides is 3. The highest BCUT2D eigenvalue weighted by Crippen LogP contribution is 2.19. The van der Waals surface area contributed by atoms with Gasteiger partial charge in [-0.2, -0.15) is 18.4 Å². The third-order valence-corrected chi connectivity index (χ3v) is 1.77. The molecule has 0 aliphatic rings. The molecule has 0 aromatic rings. The van der Waals surface area contributed by atoms with E-state index in [0.717, 1.165) is 0 Å². The molecular weight excluding hydrogens is 221 g/mol. The van der Waals surface area contributed by atoms with Crippen LogP contribution in [0, 0.1) is 11.3 Å². The smallest absolute Gasteiger partial charge is 0.378 e. The minimum absolute atomic E-state index is 0.0578. The predicted octanol–water partition coefficient (Wildman–Crippen LogP) is 2.24. The number of hydrogen-bond acceptors (Lipinski definition) is 3. The van der Waals surface area contributed by atoms with Crippen molar-refractivity contribution in [3.8, 4) is 6.07 Å². The summed E-state index contributed by atoms with van der Waals surface area (Å²) in [6, 6.07) is 2.06. The van der Waals surface area contributed by atoms with Crippen molar-refractivity contribution >= 4 is 0 Å². The molecule has 0 heterocycles. The molecule has 6 heteroatoms. The first-order chi connectivity index (χ1) is 7.18. The Morgan fingerprint density at radius 1 is 1.38 bits per heavy atom. The number of nitrogens with zero attached hydrogens (tertiary/aromatic N) is 1. The molecule has 3 nitrogen and oxygen atoms in total. The first-order valence-electron chi connectivity index (χ1n) is 5.02. The van der Waals surface area contributed by atoms with E-state index in [0.29, 0.717) is 0 Å². The van der Waals surface area contributed by atoms with Crippen molar-refractivity contribution in [3.63, 3.8) is 0 Å². The van der Waals surface area contributed by atoms with Crippen LogP contribution in [0.1, 0.15) is 27.2 Å². The van der Waals surface area contributed by atoms with Gasteiger partial charge >= 0.3 is 6.18 Å². The molecule has 0 fully saturated rings. The van der Waals surface area contributed by atoms with Crippen LogP contribution in [0.2, 0.25) is 0 Å². The lowest BCUT2D eigenvalue weighted by Gasteiger charge is -2.25. The van der Waals surface area contributed by atoms with Crippen molar-refractivity contribution in [2.45, 2.75) is 44.9 Å². The molecule has 1 atom stereocenters. The first kappa shape index (κ1) is 15.2. The Hall–Kier alpha value is -0.800. The summed E-state index contributed by atoms with van der Waals surface area (Å²) in [4.78, 5) is 0. The van der Waals surface area contributed by atoms with Gasteiger partial charge in [-0.15, -0.1) is 0 Å². The van der Waals surface area contributed by atoms with Gasteiger partial charge in [0, 0.05) is 6.04 Å². The first-order valence-corrected chi connectivity index (χ1v) is 5.02. The van der Waals surface area contributed by atoms with E-state index in [1.807, 2.05) is 19.9 Å². The molecule has 0 amide bonds. The third-order valence-electron chi connectivity index (χ3n) is 1.77. The third kappa shape index (κ3) is 7.49. The van der Waals surface area contributed by atoms with Crippen LogP contribution < -0.4 is 5.32 Å². The highest BCUT2D eigenvalue weighted by Gasteiger charge is 2.28. The van der Waals surface area contributed by atoms with E-state index in [2.05, 4.69) is 5.32 Å².